The zero-order valence-corrected chi connectivity index (χ0v) is 13.4. The van der Waals surface area contributed by atoms with Crippen LogP contribution in [0.3, 0.4) is 0 Å². The quantitative estimate of drug-likeness (QED) is 0.931. The van der Waals surface area contributed by atoms with Gasteiger partial charge in [-0.15, -0.1) is 0 Å². The van der Waals surface area contributed by atoms with Crippen molar-refractivity contribution in [2.45, 2.75) is 24.7 Å². The highest BCUT2D eigenvalue weighted by atomic mass is 32.2. The molecule has 0 fully saturated rings. The topological polar surface area (TPSA) is 87.6 Å². The fourth-order valence-corrected chi connectivity index (χ4v) is 4.30. The van der Waals surface area contributed by atoms with Gasteiger partial charge in [0.05, 0.1) is 21.8 Å². The highest BCUT2D eigenvalue weighted by Crippen LogP contribution is 2.31. The van der Waals surface area contributed by atoms with Crippen LogP contribution in [-0.4, -0.2) is 31.0 Å². The second-order valence-electron chi connectivity index (χ2n) is 5.49. The molecule has 2 heterocycles. The number of nitrogens with zero attached hydrogens (tertiary/aromatic N) is 2. The number of hydrogen-bond donors (Lipinski definition) is 1. The van der Waals surface area contributed by atoms with Gasteiger partial charge in [-0.2, -0.15) is 0 Å². The van der Waals surface area contributed by atoms with Gasteiger partial charge in [-0.1, -0.05) is 12.1 Å². The molecule has 0 aliphatic carbocycles. The number of hydrogen-bond acceptors (Lipinski definition) is 4. The molecule has 0 atom stereocenters. The molecule has 1 aliphatic heterocycles. The maximum Gasteiger partial charge on any atom is 0.337 e. The Bertz CT molecular complexity index is 877. The first-order valence-electron chi connectivity index (χ1n) is 7.21. The Hall–Kier alpha value is -2.41. The third kappa shape index (κ3) is 2.79. The standard InChI is InChI=1S/C16H16N2O4S/c1-11-4-2-5-13(8-11)23(21,22)18-7-3-6-14-15(18)9-12(10-17-14)16(19)20/h2,4-5,8-10H,3,6-7H2,1H3,(H,19,20). The van der Waals surface area contributed by atoms with Gasteiger partial charge in [-0.25, -0.2) is 13.2 Å². The molecule has 7 heteroatoms. The minimum absolute atomic E-state index is 0.0184. The van der Waals surface area contributed by atoms with Gasteiger partial charge in [-0.3, -0.25) is 9.29 Å². The van der Waals surface area contributed by atoms with Crippen molar-refractivity contribution in [3.8, 4) is 0 Å². The summed E-state index contributed by atoms with van der Waals surface area (Å²) >= 11 is 0. The van der Waals surface area contributed by atoms with E-state index in [9.17, 15) is 13.2 Å². The van der Waals surface area contributed by atoms with Gasteiger partial charge >= 0.3 is 5.97 Å². The maximum atomic E-state index is 12.9. The Morgan fingerprint density at radius 2 is 2.09 bits per heavy atom. The van der Waals surface area contributed by atoms with Gasteiger partial charge < -0.3 is 5.11 Å². The third-order valence-corrected chi connectivity index (χ3v) is 5.62. The van der Waals surface area contributed by atoms with Crippen LogP contribution in [0.15, 0.2) is 41.4 Å². The summed E-state index contributed by atoms with van der Waals surface area (Å²) in [6.07, 6.45) is 2.55. The minimum atomic E-state index is -3.74. The number of anilines is 1. The average Bonchev–Trinajstić information content (AvgIpc) is 2.53. The van der Waals surface area contributed by atoms with E-state index in [2.05, 4.69) is 4.98 Å². The van der Waals surface area contributed by atoms with Crippen molar-refractivity contribution < 1.29 is 18.3 Å². The first-order chi connectivity index (χ1) is 10.9. The van der Waals surface area contributed by atoms with Crippen LogP contribution in [0.1, 0.15) is 28.0 Å². The lowest BCUT2D eigenvalue weighted by Gasteiger charge is -2.30. The molecule has 23 heavy (non-hydrogen) atoms. The van der Waals surface area contributed by atoms with Crippen LogP contribution < -0.4 is 4.31 Å². The van der Waals surface area contributed by atoms with Crippen LogP contribution in [0.2, 0.25) is 0 Å². The molecule has 0 bridgehead atoms. The Labute approximate surface area is 134 Å². The summed E-state index contributed by atoms with van der Waals surface area (Å²) in [5, 5.41) is 9.12. The lowest BCUT2D eigenvalue weighted by molar-refractivity contribution is 0.0696. The normalized spacial score (nSPS) is 14.4. The second kappa shape index (κ2) is 5.66. The van der Waals surface area contributed by atoms with E-state index in [1.54, 1.807) is 18.2 Å². The number of benzene rings is 1. The molecule has 0 radical (unpaired) electrons. The van der Waals surface area contributed by atoms with Crippen LogP contribution in [-0.2, 0) is 16.4 Å². The highest BCUT2D eigenvalue weighted by molar-refractivity contribution is 7.92. The van der Waals surface area contributed by atoms with E-state index in [1.165, 1.54) is 16.6 Å². The molecule has 0 spiro atoms. The molecule has 1 N–H and O–H groups in total. The summed E-state index contributed by atoms with van der Waals surface area (Å²) in [6, 6.07) is 8.06. The second-order valence-corrected chi connectivity index (χ2v) is 7.35. The van der Waals surface area contributed by atoms with E-state index in [4.69, 9.17) is 5.11 Å². The van der Waals surface area contributed by atoms with Crippen molar-refractivity contribution in [2.75, 3.05) is 10.8 Å². The van der Waals surface area contributed by atoms with Crippen LogP contribution in [0.25, 0.3) is 0 Å². The molecule has 120 valence electrons. The van der Waals surface area contributed by atoms with Gasteiger partial charge in [0.15, 0.2) is 0 Å². The van der Waals surface area contributed by atoms with Crippen LogP contribution >= 0.6 is 0 Å². The van der Waals surface area contributed by atoms with Crippen molar-refractivity contribution in [1.29, 1.82) is 0 Å². The zero-order chi connectivity index (χ0) is 16.6. The molecule has 0 unspecified atom stereocenters. The van der Waals surface area contributed by atoms with Crippen molar-refractivity contribution in [3.63, 3.8) is 0 Å². The van der Waals surface area contributed by atoms with Gasteiger partial charge in [0.2, 0.25) is 0 Å². The molecule has 0 saturated carbocycles. The minimum Gasteiger partial charge on any atom is -0.478 e. The third-order valence-electron chi connectivity index (χ3n) is 3.82. The Kier molecular flexibility index (Phi) is 3.81. The zero-order valence-electron chi connectivity index (χ0n) is 12.6. The van der Waals surface area contributed by atoms with E-state index in [-0.39, 0.29) is 10.5 Å². The SMILES string of the molecule is Cc1cccc(S(=O)(=O)N2CCCc3ncc(C(=O)O)cc32)c1. The Balaban J connectivity index is 2.12. The summed E-state index contributed by atoms with van der Waals surface area (Å²) < 4.78 is 27.1. The predicted molar refractivity (Wildman–Crippen MR) is 85.2 cm³/mol. The number of aromatic nitrogens is 1. The number of rotatable bonds is 3. The largest absolute Gasteiger partial charge is 0.478 e. The van der Waals surface area contributed by atoms with Crippen molar-refractivity contribution in [3.05, 3.63) is 53.3 Å². The van der Waals surface area contributed by atoms with Gasteiger partial charge in [0.25, 0.3) is 10.0 Å². The van der Waals surface area contributed by atoms with Crippen molar-refractivity contribution in [2.24, 2.45) is 0 Å². The molecule has 3 rings (SSSR count). The van der Waals surface area contributed by atoms with Crippen LogP contribution in [0.4, 0.5) is 5.69 Å². The van der Waals surface area contributed by atoms with Crippen LogP contribution in [0.5, 0.6) is 0 Å². The summed E-state index contributed by atoms with van der Waals surface area (Å²) in [5.41, 5.74) is 1.80. The van der Waals surface area contributed by atoms with E-state index in [0.717, 1.165) is 5.56 Å². The first kappa shape index (κ1) is 15.5. The molecule has 1 aromatic carbocycles. The number of carboxylic acid groups (broad SMARTS) is 1. The molecule has 1 aliphatic rings. The van der Waals surface area contributed by atoms with E-state index < -0.39 is 16.0 Å². The fraction of sp³-hybridized carbons (Fsp3) is 0.250. The number of pyridine rings is 1. The number of sulfonamides is 1. The number of aromatic carboxylic acids is 1. The summed E-state index contributed by atoms with van der Waals surface area (Å²) in [5.74, 6) is -1.13. The monoisotopic (exact) mass is 332 g/mol. The Morgan fingerprint density at radius 3 is 2.78 bits per heavy atom. The molecule has 1 aromatic heterocycles. The first-order valence-corrected chi connectivity index (χ1v) is 8.65. The number of aryl methyl sites for hydroxylation is 2. The van der Waals surface area contributed by atoms with Gasteiger partial charge in [-0.05, 0) is 43.5 Å². The average molecular weight is 332 g/mol. The molecule has 6 nitrogen and oxygen atoms in total. The molecular weight excluding hydrogens is 316 g/mol. The van der Waals surface area contributed by atoms with Crippen molar-refractivity contribution >= 4 is 21.7 Å². The van der Waals surface area contributed by atoms with E-state index in [0.29, 0.717) is 30.8 Å². The number of fused-ring (bicyclic) bond motifs is 1. The lowest BCUT2D eigenvalue weighted by atomic mass is 10.1. The highest BCUT2D eigenvalue weighted by Gasteiger charge is 2.30. The smallest absolute Gasteiger partial charge is 0.337 e. The van der Waals surface area contributed by atoms with E-state index in [1.807, 2.05) is 13.0 Å². The van der Waals surface area contributed by atoms with Crippen molar-refractivity contribution in [1.82, 2.24) is 4.98 Å². The van der Waals surface area contributed by atoms with E-state index >= 15 is 0 Å². The number of carboxylic acids is 1. The predicted octanol–water partition coefficient (Wildman–Crippen LogP) is 2.23. The van der Waals surface area contributed by atoms with Crippen LogP contribution in [0, 0.1) is 6.92 Å². The molecule has 0 amide bonds. The molecule has 0 saturated heterocycles. The maximum absolute atomic E-state index is 12.9. The molecule has 2 aromatic rings. The lowest BCUT2D eigenvalue weighted by Crippen LogP contribution is -2.36. The summed E-state index contributed by atoms with van der Waals surface area (Å²) in [4.78, 5) is 15.5. The Morgan fingerprint density at radius 1 is 1.30 bits per heavy atom. The summed E-state index contributed by atoms with van der Waals surface area (Å²) in [7, 11) is -3.74. The van der Waals surface area contributed by atoms with Gasteiger partial charge in [0.1, 0.15) is 0 Å². The van der Waals surface area contributed by atoms with Gasteiger partial charge in [0, 0.05) is 12.7 Å². The summed E-state index contributed by atoms with van der Waals surface area (Å²) in [6.45, 7) is 2.14. The molecular formula is C16H16N2O4S. The number of carbonyl (C=O) groups is 1. The fourth-order valence-electron chi connectivity index (χ4n) is 2.67.